The minimum absolute atomic E-state index is 0.709. The largest absolute Gasteiger partial charge is 0.333 e. The second-order valence-electron chi connectivity index (χ2n) is 1.90. The fraction of sp³-hybridized carbons (Fsp3) is 0.250. The number of rotatable bonds is 1. The normalized spacial score (nSPS) is 7.91. The van der Waals surface area contributed by atoms with Crippen molar-refractivity contribution >= 4 is 6.21 Å². The van der Waals surface area contributed by atoms with Crippen LogP contribution in [0.25, 0.3) is 0 Å². The summed E-state index contributed by atoms with van der Waals surface area (Å²) in [6.07, 6.45) is 2.99. The van der Waals surface area contributed by atoms with Crippen molar-refractivity contribution < 1.29 is 0 Å². The Morgan fingerprint density at radius 2 is 2.09 bits per heavy atom. The maximum Gasteiger partial charge on any atom is 0.0805 e. The molecule has 0 amide bonds. The molecule has 0 spiro atoms. The molecule has 1 aromatic rings. The molecular formula is C8H13N3. The van der Waals surface area contributed by atoms with Gasteiger partial charge < -0.3 is 11.1 Å². The van der Waals surface area contributed by atoms with Crippen LogP contribution in [0.1, 0.15) is 11.3 Å². The van der Waals surface area contributed by atoms with E-state index in [1.54, 1.807) is 6.20 Å². The van der Waals surface area contributed by atoms with Gasteiger partial charge in [-0.3, -0.25) is 4.98 Å². The molecule has 0 aliphatic carbocycles. The molecule has 0 unspecified atom stereocenters. The molecule has 0 radical (unpaired) electrons. The molecule has 0 saturated carbocycles. The molecule has 0 bridgehead atoms. The molecule has 60 valence electrons. The van der Waals surface area contributed by atoms with E-state index in [-0.39, 0.29) is 0 Å². The Hall–Kier alpha value is -1.22. The zero-order chi connectivity index (χ0) is 8.69. The van der Waals surface area contributed by atoms with Gasteiger partial charge >= 0.3 is 0 Å². The fourth-order valence-corrected chi connectivity index (χ4v) is 0.565. The lowest BCUT2D eigenvalue weighted by Gasteiger charge is -1.89. The fourth-order valence-electron chi connectivity index (χ4n) is 0.565. The minimum atomic E-state index is 0.709. The van der Waals surface area contributed by atoms with Gasteiger partial charge in [0, 0.05) is 12.4 Å². The van der Waals surface area contributed by atoms with E-state index in [2.05, 4.69) is 10.7 Å². The Bertz CT molecular complexity index is 203. The van der Waals surface area contributed by atoms with Crippen molar-refractivity contribution in [1.82, 2.24) is 4.98 Å². The maximum absolute atomic E-state index is 6.83. The lowest BCUT2D eigenvalue weighted by atomic mass is 10.3. The first-order chi connectivity index (χ1) is 5.33. The van der Waals surface area contributed by atoms with Gasteiger partial charge in [0.25, 0.3) is 0 Å². The Labute approximate surface area is 66.8 Å². The smallest absolute Gasteiger partial charge is 0.0805 e. The van der Waals surface area contributed by atoms with Crippen LogP contribution in [0.2, 0.25) is 0 Å². The van der Waals surface area contributed by atoms with E-state index < -0.39 is 0 Å². The second-order valence-corrected chi connectivity index (χ2v) is 1.90. The molecule has 0 aromatic carbocycles. The van der Waals surface area contributed by atoms with Crippen molar-refractivity contribution in [2.75, 3.05) is 7.05 Å². The summed E-state index contributed by atoms with van der Waals surface area (Å²) in [6.45, 7) is 1.97. The van der Waals surface area contributed by atoms with Crippen molar-refractivity contribution in [2.45, 2.75) is 6.92 Å². The third-order valence-corrected chi connectivity index (χ3v) is 1.08. The lowest BCUT2D eigenvalue weighted by molar-refractivity contribution is 1.24. The number of aryl methyl sites for hydroxylation is 1. The van der Waals surface area contributed by atoms with E-state index in [0.29, 0.717) is 5.69 Å². The van der Waals surface area contributed by atoms with Gasteiger partial charge in [0.1, 0.15) is 0 Å². The Balaban J connectivity index is 0.000000461. The van der Waals surface area contributed by atoms with Crippen LogP contribution >= 0.6 is 0 Å². The van der Waals surface area contributed by atoms with Crippen LogP contribution in [0.15, 0.2) is 18.3 Å². The molecule has 0 aliphatic rings. The monoisotopic (exact) mass is 151 g/mol. The molecule has 1 rings (SSSR count). The molecule has 1 aromatic heterocycles. The number of nitrogens with zero attached hydrogens (tertiary/aromatic N) is 1. The first-order valence-corrected chi connectivity index (χ1v) is 3.34. The van der Waals surface area contributed by atoms with E-state index in [4.69, 9.17) is 5.41 Å². The number of hydrogen-bond donors (Lipinski definition) is 2. The minimum Gasteiger partial charge on any atom is -0.333 e. The van der Waals surface area contributed by atoms with Crippen LogP contribution in [0.3, 0.4) is 0 Å². The molecule has 0 aliphatic heterocycles. The highest BCUT2D eigenvalue weighted by Crippen LogP contribution is 1.94. The zero-order valence-electron chi connectivity index (χ0n) is 6.83. The Morgan fingerprint density at radius 3 is 2.45 bits per heavy atom. The number of nitrogens with one attached hydrogen (secondary N) is 1. The van der Waals surface area contributed by atoms with E-state index >= 15 is 0 Å². The second kappa shape index (κ2) is 5.56. The van der Waals surface area contributed by atoms with Crippen LogP contribution < -0.4 is 5.73 Å². The number of hydrogen-bond acceptors (Lipinski definition) is 3. The molecular weight excluding hydrogens is 138 g/mol. The van der Waals surface area contributed by atoms with E-state index in [9.17, 15) is 0 Å². The predicted octanol–water partition coefficient (Wildman–Crippen LogP) is 0.963. The highest BCUT2D eigenvalue weighted by atomic mass is 14.7. The van der Waals surface area contributed by atoms with Crippen LogP contribution in [0, 0.1) is 12.3 Å². The zero-order valence-corrected chi connectivity index (χ0v) is 6.83. The van der Waals surface area contributed by atoms with Crippen molar-refractivity contribution in [3.63, 3.8) is 0 Å². The molecule has 3 heteroatoms. The van der Waals surface area contributed by atoms with E-state index in [0.717, 1.165) is 5.56 Å². The van der Waals surface area contributed by atoms with Gasteiger partial charge in [-0.25, -0.2) is 0 Å². The molecule has 3 N–H and O–H groups in total. The molecule has 3 nitrogen and oxygen atoms in total. The Kier molecular flexibility index (Phi) is 4.94. The van der Waals surface area contributed by atoms with Gasteiger partial charge in [0.15, 0.2) is 0 Å². The maximum atomic E-state index is 6.83. The van der Waals surface area contributed by atoms with E-state index in [1.165, 1.54) is 13.3 Å². The first-order valence-electron chi connectivity index (χ1n) is 3.34. The predicted molar refractivity (Wildman–Crippen MR) is 47.0 cm³/mol. The summed E-state index contributed by atoms with van der Waals surface area (Å²) in [5, 5.41) is 6.83. The van der Waals surface area contributed by atoms with Crippen LogP contribution in [0.4, 0.5) is 0 Å². The molecule has 0 fully saturated rings. The van der Waals surface area contributed by atoms with Crippen LogP contribution in [-0.2, 0) is 0 Å². The van der Waals surface area contributed by atoms with Gasteiger partial charge in [0.05, 0.1) is 5.69 Å². The Morgan fingerprint density at radius 1 is 1.45 bits per heavy atom. The van der Waals surface area contributed by atoms with Crippen molar-refractivity contribution in [3.05, 3.63) is 29.6 Å². The molecule has 0 saturated heterocycles. The van der Waals surface area contributed by atoms with Crippen LogP contribution in [-0.4, -0.2) is 18.2 Å². The third-order valence-electron chi connectivity index (χ3n) is 1.08. The number of aromatic nitrogens is 1. The lowest BCUT2D eigenvalue weighted by Crippen LogP contribution is -1.84. The topological polar surface area (TPSA) is 62.8 Å². The summed E-state index contributed by atoms with van der Waals surface area (Å²) in [4.78, 5) is 3.95. The molecule has 0 atom stereocenters. The van der Waals surface area contributed by atoms with Gasteiger partial charge in [-0.05, 0) is 25.6 Å². The van der Waals surface area contributed by atoms with Crippen molar-refractivity contribution in [1.29, 1.82) is 5.41 Å². The summed E-state index contributed by atoms with van der Waals surface area (Å²) in [5.74, 6) is 0. The van der Waals surface area contributed by atoms with Gasteiger partial charge in [-0.15, -0.1) is 0 Å². The first kappa shape index (κ1) is 9.78. The summed E-state index contributed by atoms with van der Waals surface area (Å²) >= 11 is 0. The highest BCUT2D eigenvalue weighted by molar-refractivity contribution is 5.73. The molecule has 1 heterocycles. The number of nitrogens with two attached hydrogens (primary N) is 1. The SMILES string of the molecule is CN.Cc1ccc(C=N)nc1. The average molecular weight is 151 g/mol. The number of pyridine rings is 1. The summed E-state index contributed by atoms with van der Waals surface area (Å²) in [5.41, 5.74) is 6.33. The third kappa shape index (κ3) is 3.47. The van der Waals surface area contributed by atoms with Crippen LogP contribution in [0.5, 0.6) is 0 Å². The van der Waals surface area contributed by atoms with Crippen molar-refractivity contribution in [2.24, 2.45) is 5.73 Å². The van der Waals surface area contributed by atoms with Crippen molar-refractivity contribution in [3.8, 4) is 0 Å². The van der Waals surface area contributed by atoms with Gasteiger partial charge in [-0.2, -0.15) is 0 Å². The summed E-state index contributed by atoms with van der Waals surface area (Å²) < 4.78 is 0. The highest BCUT2D eigenvalue weighted by Gasteiger charge is 1.84. The summed E-state index contributed by atoms with van der Waals surface area (Å²) in [7, 11) is 1.50. The average Bonchev–Trinajstić information content (AvgIpc) is 2.10. The quantitative estimate of drug-likeness (QED) is 0.587. The molecule has 11 heavy (non-hydrogen) atoms. The summed E-state index contributed by atoms with van der Waals surface area (Å²) in [6, 6.07) is 3.76. The van der Waals surface area contributed by atoms with Gasteiger partial charge in [-0.1, -0.05) is 6.07 Å². The van der Waals surface area contributed by atoms with E-state index in [1.807, 2.05) is 19.1 Å². The standard InChI is InChI=1S/C7H8N2.CH5N/c1-6-2-3-7(4-8)9-5-6;1-2/h2-5,8H,1H3;2H2,1H3. The van der Waals surface area contributed by atoms with Gasteiger partial charge in [0.2, 0.25) is 0 Å².